The van der Waals surface area contributed by atoms with Crippen molar-refractivity contribution in [1.82, 2.24) is 15.2 Å². The number of anilines is 1. The molecule has 20 heavy (non-hydrogen) atoms. The number of nitrogens with zero attached hydrogens (tertiary/aromatic N) is 3. The van der Waals surface area contributed by atoms with Crippen LogP contribution in [0.15, 0.2) is 17.2 Å². The van der Waals surface area contributed by atoms with Gasteiger partial charge in [0.1, 0.15) is 10.6 Å². The van der Waals surface area contributed by atoms with Gasteiger partial charge in [0.25, 0.3) is 5.91 Å². The Morgan fingerprint density at radius 1 is 1.45 bits per heavy atom. The summed E-state index contributed by atoms with van der Waals surface area (Å²) in [5, 5.41) is 8.00. The minimum Gasteiger partial charge on any atom is -0.298 e. The Balaban J connectivity index is 2.03. The van der Waals surface area contributed by atoms with Crippen molar-refractivity contribution in [2.45, 2.75) is 26.2 Å². The molecule has 0 saturated carbocycles. The molecule has 7 heteroatoms. The quantitative estimate of drug-likeness (QED) is 0.863. The fraction of sp³-hybridized carbons (Fsp3) is 0.385. The molecule has 1 N–H and O–H groups in total. The lowest BCUT2D eigenvalue weighted by atomic mass is 10.2. The predicted octanol–water partition coefficient (Wildman–Crippen LogP) is 1.52. The van der Waals surface area contributed by atoms with Gasteiger partial charge in [-0.05, 0) is 26.2 Å². The summed E-state index contributed by atoms with van der Waals surface area (Å²) in [5.74, 6) is -0.277. The normalized spacial score (nSPS) is 14.8. The number of aromatic nitrogens is 3. The molecule has 1 amide bonds. The number of hydrogen-bond donors (Lipinski definition) is 1. The molecule has 0 spiro atoms. The molecule has 0 unspecified atom stereocenters. The van der Waals surface area contributed by atoms with Crippen LogP contribution in [0.1, 0.15) is 33.9 Å². The monoisotopic (exact) mass is 290 g/mol. The van der Waals surface area contributed by atoms with Crippen molar-refractivity contribution in [3.63, 3.8) is 0 Å². The number of amides is 1. The largest absolute Gasteiger partial charge is 0.298 e. The molecule has 0 saturated heterocycles. The lowest BCUT2D eigenvalue weighted by molar-refractivity contribution is 0.0986. The Morgan fingerprint density at radius 3 is 3.10 bits per heavy atom. The fourth-order valence-corrected chi connectivity index (χ4v) is 3.33. The number of aromatic amines is 1. The summed E-state index contributed by atoms with van der Waals surface area (Å²) in [4.78, 5) is 30.5. The molecule has 6 nitrogen and oxygen atoms in total. The summed E-state index contributed by atoms with van der Waals surface area (Å²) in [6.45, 7) is 2.55. The number of aryl methyl sites for hydroxylation is 2. The van der Waals surface area contributed by atoms with Crippen molar-refractivity contribution in [2.24, 2.45) is 0 Å². The van der Waals surface area contributed by atoms with Crippen LogP contribution in [0.4, 0.5) is 5.00 Å². The van der Waals surface area contributed by atoms with Gasteiger partial charge in [-0.25, -0.2) is 4.98 Å². The molecular formula is C13H14N4O2S. The summed E-state index contributed by atoms with van der Waals surface area (Å²) in [7, 11) is 0. The molecule has 1 aliphatic heterocycles. The molecule has 0 fully saturated rings. The number of nitrogens with one attached hydrogen (secondary N) is 1. The van der Waals surface area contributed by atoms with Crippen LogP contribution in [0.2, 0.25) is 0 Å². The first-order valence-electron chi connectivity index (χ1n) is 6.48. The number of hydrogen-bond acceptors (Lipinski definition) is 5. The molecular weight excluding hydrogens is 276 g/mol. The van der Waals surface area contributed by atoms with Crippen molar-refractivity contribution in [3.8, 4) is 0 Å². The Hall–Kier alpha value is -2.02. The number of carbonyl (C=O) groups excluding carboxylic acids is 1. The maximum absolute atomic E-state index is 12.6. The lowest BCUT2D eigenvalue weighted by Gasteiger charge is -2.19. The highest BCUT2D eigenvalue weighted by molar-refractivity contribution is 7.16. The summed E-state index contributed by atoms with van der Waals surface area (Å²) < 4.78 is 0. The van der Waals surface area contributed by atoms with Crippen molar-refractivity contribution in [3.05, 3.63) is 38.9 Å². The van der Waals surface area contributed by atoms with E-state index >= 15 is 0 Å². The van der Waals surface area contributed by atoms with E-state index in [1.165, 1.54) is 17.5 Å². The average molecular weight is 290 g/mol. The molecule has 0 aromatic carbocycles. The highest BCUT2D eigenvalue weighted by Gasteiger charge is 2.26. The predicted molar refractivity (Wildman–Crippen MR) is 76.3 cm³/mol. The van der Waals surface area contributed by atoms with Crippen LogP contribution in [-0.2, 0) is 6.42 Å². The highest BCUT2D eigenvalue weighted by Crippen LogP contribution is 2.32. The zero-order valence-electron chi connectivity index (χ0n) is 11.0. The highest BCUT2D eigenvalue weighted by atomic mass is 32.1. The van der Waals surface area contributed by atoms with Crippen LogP contribution < -0.4 is 10.3 Å². The Morgan fingerprint density at radius 2 is 2.30 bits per heavy atom. The van der Waals surface area contributed by atoms with E-state index in [0.29, 0.717) is 6.54 Å². The van der Waals surface area contributed by atoms with Gasteiger partial charge in [-0.2, -0.15) is 5.10 Å². The molecule has 0 aliphatic carbocycles. The van der Waals surface area contributed by atoms with E-state index in [1.54, 1.807) is 4.90 Å². The van der Waals surface area contributed by atoms with Crippen LogP contribution >= 0.6 is 11.3 Å². The van der Waals surface area contributed by atoms with Gasteiger partial charge in [-0.1, -0.05) is 0 Å². The minimum absolute atomic E-state index is 0.124. The van der Waals surface area contributed by atoms with E-state index in [4.69, 9.17) is 0 Å². The minimum atomic E-state index is -0.360. The van der Waals surface area contributed by atoms with Gasteiger partial charge in [-0.15, -0.1) is 11.3 Å². The molecule has 2 aromatic rings. The van der Waals surface area contributed by atoms with E-state index in [2.05, 4.69) is 15.2 Å². The van der Waals surface area contributed by atoms with Gasteiger partial charge in [-0.3, -0.25) is 19.6 Å². The number of carbonyl (C=O) groups is 1. The maximum atomic E-state index is 12.6. The second kappa shape index (κ2) is 5.16. The van der Waals surface area contributed by atoms with Crippen molar-refractivity contribution >= 4 is 22.2 Å². The number of thiazole rings is 1. The number of H-pyrrole nitrogens is 1. The third-order valence-corrected chi connectivity index (χ3v) is 4.32. The zero-order chi connectivity index (χ0) is 14.1. The van der Waals surface area contributed by atoms with E-state index in [1.807, 2.05) is 6.92 Å². The van der Waals surface area contributed by atoms with Gasteiger partial charge in [0, 0.05) is 12.7 Å². The summed E-state index contributed by atoms with van der Waals surface area (Å²) in [6.07, 6.45) is 5.30. The SMILES string of the molecule is Cc1nc2c(s1)N(C(=O)c1c[nH]ncc1=O)CCCC2. The number of rotatable bonds is 1. The van der Waals surface area contributed by atoms with E-state index in [0.717, 1.165) is 41.2 Å². The summed E-state index contributed by atoms with van der Waals surface area (Å²) in [5.41, 5.74) is 0.725. The smallest absolute Gasteiger partial charge is 0.264 e. The van der Waals surface area contributed by atoms with Crippen LogP contribution in [-0.4, -0.2) is 27.6 Å². The van der Waals surface area contributed by atoms with Crippen LogP contribution in [0.5, 0.6) is 0 Å². The van der Waals surface area contributed by atoms with E-state index in [-0.39, 0.29) is 16.9 Å². The molecule has 0 radical (unpaired) electrons. The molecule has 3 rings (SSSR count). The Bertz CT molecular complexity index is 706. The van der Waals surface area contributed by atoms with Gasteiger partial charge < -0.3 is 0 Å². The number of fused-ring (bicyclic) bond motifs is 1. The average Bonchev–Trinajstić information content (AvgIpc) is 2.69. The van der Waals surface area contributed by atoms with Gasteiger partial charge in [0.05, 0.1) is 16.9 Å². The zero-order valence-corrected chi connectivity index (χ0v) is 11.9. The van der Waals surface area contributed by atoms with Crippen molar-refractivity contribution in [1.29, 1.82) is 0 Å². The summed E-state index contributed by atoms with van der Waals surface area (Å²) >= 11 is 1.51. The van der Waals surface area contributed by atoms with E-state index in [9.17, 15) is 9.59 Å². The third-order valence-electron chi connectivity index (χ3n) is 3.28. The van der Waals surface area contributed by atoms with Crippen molar-refractivity contribution < 1.29 is 4.79 Å². The molecule has 3 heterocycles. The first-order valence-corrected chi connectivity index (χ1v) is 7.30. The molecule has 0 atom stereocenters. The fourth-order valence-electron chi connectivity index (χ4n) is 2.34. The van der Waals surface area contributed by atoms with Gasteiger partial charge in [0.2, 0.25) is 5.43 Å². The standard InChI is InChI=1S/C13H14N4O2S/c1-8-16-10-4-2-3-5-17(13(10)20-8)12(19)9-6-14-15-7-11(9)18/h6-7H,2-5H2,1H3,(H,14,18). The Labute approximate surface area is 119 Å². The Kier molecular flexibility index (Phi) is 3.35. The van der Waals surface area contributed by atoms with Gasteiger partial charge in [0.15, 0.2) is 0 Å². The molecule has 0 bridgehead atoms. The van der Waals surface area contributed by atoms with Crippen LogP contribution in [0.25, 0.3) is 0 Å². The second-order valence-corrected chi connectivity index (χ2v) is 5.89. The van der Waals surface area contributed by atoms with Crippen LogP contribution in [0, 0.1) is 6.92 Å². The molecule has 2 aromatic heterocycles. The van der Waals surface area contributed by atoms with Crippen molar-refractivity contribution in [2.75, 3.05) is 11.4 Å². The van der Waals surface area contributed by atoms with Gasteiger partial charge >= 0.3 is 0 Å². The lowest BCUT2D eigenvalue weighted by Crippen LogP contribution is -2.34. The third kappa shape index (κ3) is 2.24. The maximum Gasteiger partial charge on any atom is 0.264 e. The first-order chi connectivity index (χ1) is 9.66. The van der Waals surface area contributed by atoms with E-state index < -0.39 is 0 Å². The summed E-state index contributed by atoms with van der Waals surface area (Å²) in [6, 6.07) is 0. The van der Waals surface area contributed by atoms with Crippen LogP contribution in [0.3, 0.4) is 0 Å². The molecule has 104 valence electrons. The topological polar surface area (TPSA) is 79.0 Å². The molecule has 1 aliphatic rings. The second-order valence-electron chi connectivity index (χ2n) is 4.71. The first kappa shape index (κ1) is 13.0.